The van der Waals surface area contributed by atoms with Crippen LogP contribution in [-0.2, 0) is 19.4 Å². The zero-order chi connectivity index (χ0) is 19.1. The number of cyclic esters (lactones) is 1. The van der Waals surface area contributed by atoms with Gasteiger partial charge in [-0.3, -0.25) is 9.69 Å². The summed E-state index contributed by atoms with van der Waals surface area (Å²) in [7, 11) is -1.81. The molecule has 2 saturated heterocycles. The molecule has 2 aliphatic rings. The van der Waals surface area contributed by atoms with Crippen molar-refractivity contribution in [2.75, 3.05) is 48.0 Å². The van der Waals surface area contributed by atoms with Gasteiger partial charge >= 0.3 is 6.09 Å². The molecular weight excluding hydrogens is 372 g/mol. The summed E-state index contributed by atoms with van der Waals surface area (Å²) in [6.07, 6.45) is -1.94. The number of nitrogens with zero attached hydrogens (tertiary/aromatic N) is 2. The van der Waals surface area contributed by atoms with Crippen molar-refractivity contribution in [1.82, 2.24) is 5.32 Å². The van der Waals surface area contributed by atoms with E-state index in [0.29, 0.717) is 0 Å². The Kier molecular flexibility index (Phi) is 4.74. The van der Waals surface area contributed by atoms with E-state index < -0.39 is 39.6 Å². The second-order valence-corrected chi connectivity index (χ2v) is 8.30. The highest BCUT2D eigenvalue weighted by Crippen LogP contribution is 2.31. The number of carbonyl (C=O) groups excluding carboxylic acids is 2. The predicted molar refractivity (Wildman–Crippen MR) is 88.9 cm³/mol. The molecule has 8 nitrogen and oxygen atoms in total. The summed E-state index contributed by atoms with van der Waals surface area (Å²) in [5.74, 6) is -2.72. The Morgan fingerprint density at radius 1 is 1.23 bits per heavy atom. The lowest BCUT2D eigenvalue weighted by Gasteiger charge is -2.29. The number of hydrogen-bond acceptors (Lipinski definition) is 6. The molecule has 2 fully saturated rings. The average molecular weight is 389 g/mol. The standard InChI is InChI=1S/C15H17F2N3O5S/c1-18-14(21)12-8-20(15(22)25-12)9-6-10(16)13(11(17)7-9)19-2-4-26(23,24)5-3-19/h6-7,12H,2-5,8H2,1H3,(H,18,21). The van der Waals surface area contributed by atoms with E-state index in [1.54, 1.807) is 0 Å². The summed E-state index contributed by atoms with van der Waals surface area (Å²) in [4.78, 5) is 25.7. The Hall–Kier alpha value is -2.43. The van der Waals surface area contributed by atoms with Gasteiger partial charge in [0.2, 0.25) is 0 Å². The van der Waals surface area contributed by atoms with Crippen LogP contribution in [0.4, 0.5) is 25.0 Å². The lowest BCUT2D eigenvalue weighted by Crippen LogP contribution is -2.41. The van der Waals surface area contributed by atoms with E-state index in [-0.39, 0.29) is 42.5 Å². The molecule has 1 unspecified atom stereocenters. The van der Waals surface area contributed by atoms with Crippen molar-refractivity contribution >= 4 is 33.2 Å². The first-order valence-corrected chi connectivity index (χ1v) is 9.68. The van der Waals surface area contributed by atoms with Gasteiger partial charge in [0.15, 0.2) is 27.6 Å². The number of amides is 2. The molecule has 0 saturated carbocycles. The smallest absolute Gasteiger partial charge is 0.415 e. The molecule has 1 atom stereocenters. The van der Waals surface area contributed by atoms with Crippen molar-refractivity contribution < 1.29 is 31.5 Å². The van der Waals surface area contributed by atoms with Gasteiger partial charge in [-0.15, -0.1) is 0 Å². The molecule has 26 heavy (non-hydrogen) atoms. The van der Waals surface area contributed by atoms with Crippen LogP contribution in [0.15, 0.2) is 12.1 Å². The average Bonchev–Trinajstić information content (AvgIpc) is 2.96. The number of carbonyl (C=O) groups is 2. The molecule has 0 aliphatic carbocycles. The highest BCUT2D eigenvalue weighted by molar-refractivity contribution is 7.91. The molecule has 1 aromatic rings. The summed E-state index contributed by atoms with van der Waals surface area (Å²) in [5, 5.41) is 2.33. The second kappa shape index (κ2) is 6.71. The van der Waals surface area contributed by atoms with Crippen LogP contribution in [0.5, 0.6) is 0 Å². The summed E-state index contributed by atoms with van der Waals surface area (Å²) in [6.45, 7) is -0.196. The van der Waals surface area contributed by atoms with Crippen LogP contribution >= 0.6 is 0 Å². The minimum Gasteiger partial charge on any atom is -0.434 e. The number of likely N-dealkylation sites (N-methyl/N-ethyl adjacent to an activating group) is 1. The fourth-order valence-corrected chi connectivity index (χ4v) is 4.12. The summed E-state index contributed by atoms with van der Waals surface area (Å²) < 4.78 is 56.8. The number of anilines is 2. The number of rotatable bonds is 3. The molecule has 1 N–H and O–H groups in total. The number of hydrogen-bond donors (Lipinski definition) is 1. The van der Waals surface area contributed by atoms with Gasteiger partial charge in [-0.1, -0.05) is 0 Å². The fourth-order valence-electron chi connectivity index (χ4n) is 2.92. The molecule has 3 rings (SSSR count). The Balaban J connectivity index is 1.84. The highest BCUT2D eigenvalue weighted by atomic mass is 32.2. The zero-order valence-corrected chi connectivity index (χ0v) is 14.7. The van der Waals surface area contributed by atoms with Gasteiger partial charge < -0.3 is 15.0 Å². The number of benzene rings is 1. The molecule has 2 heterocycles. The lowest BCUT2D eigenvalue weighted by atomic mass is 10.2. The van der Waals surface area contributed by atoms with Crippen LogP contribution in [0.2, 0.25) is 0 Å². The van der Waals surface area contributed by atoms with Gasteiger partial charge in [0.25, 0.3) is 5.91 Å². The van der Waals surface area contributed by atoms with Crippen molar-refractivity contribution in [3.05, 3.63) is 23.8 Å². The molecule has 0 spiro atoms. The van der Waals surface area contributed by atoms with E-state index in [1.807, 2.05) is 0 Å². The molecule has 2 amide bonds. The maximum Gasteiger partial charge on any atom is 0.415 e. The molecule has 2 aliphatic heterocycles. The number of halogens is 2. The third-order valence-electron chi connectivity index (χ3n) is 4.32. The third kappa shape index (κ3) is 3.43. The lowest BCUT2D eigenvalue weighted by molar-refractivity contribution is -0.127. The highest BCUT2D eigenvalue weighted by Gasteiger charge is 2.37. The van der Waals surface area contributed by atoms with Crippen LogP contribution in [0.25, 0.3) is 0 Å². The van der Waals surface area contributed by atoms with Crippen molar-refractivity contribution in [2.24, 2.45) is 0 Å². The fraction of sp³-hybridized carbons (Fsp3) is 0.467. The minimum absolute atomic E-state index is 0.0139. The van der Waals surface area contributed by atoms with Crippen molar-refractivity contribution in [2.45, 2.75) is 6.10 Å². The van der Waals surface area contributed by atoms with Crippen LogP contribution in [0, 0.1) is 11.6 Å². The number of sulfone groups is 1. The maximum atomic E-state index is 14.5. The van der Waals surface area contributed by atoms with Gasteiger partial charge in [-0.25, -0.2) is 22.0 Å². The quantitative estimate of drug-likeness (QED) is 0.797. The van der Waals surface area contributed by atoms with E-state index in [4.69, 9.17) is 4.74 Å². The van der Waals surface area contributed by atoms with Gasteiger partial charge in [-0.05, 0) is 0 Å². The van der Waals surface area contributed by atoms with Gasteiger partial charge in [0.05, 0.1) is 23.7 Å². The predicted octanol–water partition coefficient (Wildman–Crippen LogP) is 0.271. The first-order chi connectivity index (χ1) is 12.2. The maximum absolute atomic E-state index is 14.5. The van der Waals surface area contributed by atoms with Crippen LogP contribution in [0.3, 0.4) is 0 Å². The SMILES string of the molecule is CNC(=O)C1CN(c2cc(F)c(N3CCS(=O)(=O)CC3)c(F)c2)C(=O)O1. The van der Waals surface area contributed by atoms with Crippen LogP contribution in [0.1, 0.15) is 0 Å². The van der Waals surface area contributed by atoms with Gasteiger partial charge in [0, 0.05) is 32.3 Å². The van der Waals surface area contributed by atoms with E-state index in [0.717, 1.165) is 17.0 Å². The topological polar surface area (TPSA) is 96.0 Å². The monoisotopic (exact) mass is 389 g/mol. The Morgan fingerprint density at radius 2 is 1.81 bits per heavy atom. The zero-order valence-electron chi connectivity index (χ0n) is 13.9. The molecule has 0 radical (unpaired) electrons. The van der Waals surface area contributed by atoms with Crippen molar-refractivity contribution in [1.29, 1.82) is 0 Å². The molecule has 142 valence electrons. The van der Waals surface area contributed by atoms with E-state index in [9.17, 15) is 26.8 Å². The second-order valence-electron chi connectivity index (χ2n) is 5.99. The Bertz CT molecular complexity index is 824. The summed E-state index contributed by atoms with van der Waals surface area (Å²) >= 11 is 0. The van der Waals surface area contributed by atoms with Gasteiger partial charge in [0.1, 0.15) is 5.69 Å². The summed E-state index contributed by atoms with van der Waals surface area (Å²) in [6, 6.07) is 1.93. The molecule has 1 aromatic carbocycles. The molecule has 0 aromatic heterocycles. The Labute approximate surface area is 148 Å². The molecule has 11 heteroatoms. The van der Waals surface area contributed by atoms with Crippen molar-refractivity contribution in [3.63, 3.8) is 0 Å². The number of nitrogens with one attached hydrogen (secondary N) is 1. The largest absolute Gasteiger partial charge is 0.434 e. The Morgan fingerprint density at radius 3 is 2.35 bits per heavy atom. The van der Waals surface area contributed by atoms with Crippen LogP contribution in [-0.4, -0.2) is 64.7 Å². The first kappa shape index (κ1) is 18.4. The van der Waals surface area contributed by atoms with Crippen LogP contribution < -0.4 is 15.1 Å². The van der Waals surface area contributed by atoms with E-state index in [2.05, 4.69) is 5.32 Å². The number of ether oxygens (including phenoxy) is 1. The normalized spacial score (nSPS) is 22.3. The minimum atomic E-state index is -3.19. The van der Waals surface area contributed by atoms with E-state index >= 15 is 0 Å². The third-order valence-corrected chi connectivity index (χ3v) is 5.93. The van der Waals surface area contributed by atoms with Crippen molar-refractivity contribution in [3.8, 4) is 0 Å². The summed E-state index contributed by atoms with van der Waals surface area (Å²) in [5.41, 5.74) is -0.413. The molecule has 0 bridgehead atoms. The van der Waals surface area contributed by atoms with Gasteiger partial charge in [-0.2, -0.15) is 0 Å². The first-order valence-electron chi connectivity index (χ1n) is 7.86. The molecular formula is C15H17F2N3O5S. The van der Waals surface area contributed by atoms with E-state index in [1.165, 1.54) is 11.9 Å².